The average Bonchev–Trinajstić information content (AvgIpc) is 2.34. The van der Waals surface area contributed by atoms with Gasteiger partial charge in [0.25, 0.3) is 0 Å². The van der Waals surface area contributed by atoms with Crippen molar-refractivity contribution in [2.45, 2.75) is 0 Å². The van der Waals surface area contributed by atoms with Gasteiger partial charge in [-0.3, -0.25) is 0 Å². The van der Waals surface area contributed by atoms with Gasteiger partial charge in [0, 0.05) is 25.5 Å². The first-order chi connectivity index (χ1) is 8.74. The first-order valence-corrected chi connectivity index (χ1v) is 7.67. The zero-order valence-electron chi connectivity index (χ0n) is 11.2. The summed E-state index contributed by atoms with van der Waals surface area (Å²) in [5, 5.41) is 0. The number of nitrogens with two attached hydrogens (primary N) is 1. The highest BCUT2D eigenvalue weighted by Gasteiger charge is 2.16. The lowest BCUT2D eigenvalue weighted by molar-refractivity contribution is 0.0601. The molecular weight excluding hydrogens is 268 g/mol. The third-order valence-corrected chi connectivity index (χ3v) is 3.56. The summed E-state index contributed by atoms with van der Waals surface area (Å²) in [6.45, 7) is 0.284. The van der Waals surface area contributed by atoms with Gasteiger partial charge in [0.2, 0.25) is 0 Å². The van der Waals surface area contributed by atoms with E-state index in [1.54, 1.807) is 24.1 Å². The lowest BCUT2D eigenvalue weighted by atomic mass is 10.1. The Morgan fingerprint density at radius 2 is 2.05 bits per heavy atom. The summed E-state index contributed by atoms with van der Waals surface area (Å²) >= 11 is 0. The third kappa shape index (κ3) is 4.44. The molecule has 0 saturated heterocycles. The number of carbonyl (C=O) groups excluding carboxylic acids is 1. The maximum absolute atomic E-state index is 11.7. The van der Waals surface area contributed by atoms with E-state index in [1.807, 2.05) is 0 Å². The number of anilines is 2. The molecule has 1 aromatic carbocycles. The summed E-state index contributed by atoms with van der Waals surface area (Å²) in [7, 11) is -0.0616. The molecule has 1 rings (SSSR count). The van der Waals surface area contributed by atoms with Gasteiger partial charge in [-0.1, -0.05) is 0 Å². The fourth-order valence-electron chi connectivity index (χ4n) is 1.58. The van der Waals surface area contributed by atoms with Crippen LogP contribution in [0.15, 0.2) is 18.2 Å². The number of methoxy groups -OCH3 is 1. The first kappa shape index (κ1) is 15.3. The molecular formula is C12H18N2O4S. The smallest absolute Gasteiger partial charge is 0.340 e. The van der Waals surface area contributed by atoms with Crippen LogP contribution in [0.2, 0.25) is 0 Å². The van der Waals surface area contributed by atoms with Crippen LogP contribution in [0, 0.1) is 0 Å². The zero-order chi connectivity index (χ0) is 14.6. The number of sulfone groups is 1. The fourth-order valence-corrected chi connectivity index (χ4v) is 2.19. The summed E-state index contributed by atoms with van der Waals surface area (Å²) < 4.78 is 27.0. The molecule has 7 heteroatoms. The summed E-state index contributed by atoms with van der Waals surface area (Å²) in [5.41, 5.74) is 6.99. The average molecular weight is 286 g/mol. The summed E-state index contributed by atoms with van der Waals surface area (Å²) in [6, 6.07) is 4.83. The molecule has 0 atom stereocenters. The van der Waals surface area contributed by atoms with E-state index in [0.29, 0.717) is 16.9 Å². The number of hydrogen-bond donors (Lipinski definition) is 1. The van der Waals surface area contributed by atoms with Crippen LogP contribution in [0.5, 0.6) is 0 Å². The highest BCUT2D eigenvalue weighted by atomic mass is 32.2. The number of ether oxygens (including phenoxy) is 1. The Kier molecular flexibility index (Phi) is 4.77. The van der Waals surface area contributed by atoms with Crippen LogP contribution in [0.25, 0.3) is 0 Å². The molecule has 0 aliphatic heterocycles. The fraction of sp³-hybridized carbons (Fsp3) is 0.417. The van der Waals surface area contributed by atoms with Crippen LogP contribution in [-0.2, 0) is 14.6 Å². The quantitative estimate of drug-likeness (QED) is 0.627. The number of nitrogens with zero attached hydrogens (tertiary/aromatic N) is 1. The van der Waals surface area contributed by atoms with E-state index >= 15 is 0 Å². The van der Waals surface area contributed by atoms with E-state index in [1.165, 1.54) is 19.4 Å². The Hall–Kier alpha value is -1.76. The Balaban J connectivity index is 3.02. The molecule has 0 bridgehead atoms. The lowest BCUT2D eigenvalue weighted by Crippen LogP contribution is -2.26. The van der Waals surface area contributed by atoms with Crippen molar-refractivity contribution >= 4 is 27.2 Å². The Bertz CT molecular complexity index is 569. The molecule has 2 N–H and O–H groups in total. The molecule has 0 aliphatic carbocycles. The van der Waals surface area contributed by atoms with Gasteiger partial charge in [0.05, 0.1) is 24.1 Å². The molecule has 0 radical (unpaired) electrons. The van der Waals surface area contributed by atoms with Crippen molar-refractivity contribution in [3.63, 3.8) is 0 Å². The van der Waals surface area contributed by atoms with Crippen molar-refractivity contribution in [1.82, 2.24) is 0 Å². The Labute approximate surface area is 113 Å². The van der Waals surface area contributed by atoms with E-state index in [0.717, 1.165) is 0 Å². The highest BCUT2D eigenvalue weighted by molar-refractivity contribution is 7.90. The van der Waals surface area contributed by atoms with Crippen molar-refractivity contribution < 1.29 is 17.9 Å². The Morgan fingerprint density at radius 3 is 2.58 bits per heavy atom. The molecule has 106 valence electrons. The Morgan fingerprint density at radius 1 is 1.42 bits per heavy atom. The van der Waals surface area contributed by atoms with Gasteiger partial charge in [-0.2, -0.15) is 0 Å². The monoisotopic (exact) mass is 286 g/mol. The SMILES string of the molecule is COC(=O)c1cc(N)ccc1N(C)CCS(C)(=O)=O. The van der Waals surface area contributed by atoms with E-state index in [4.69, 9.17) is 5.73 Å². The van der Waals surface area contributed by atoms with Crippen LogP contribution in [0.1, 0.15) is 10.4 Å². The first-order valence-electron chi connectivity index (χ1n) is 5.61. The second-order valence-electron chi connectivity index (χ2n) is 4.32. The number of benzene rings is 1. The molecule has 0 fully saturated rings. The van der Waals surface area contributed by atoms with Crippen molar-refractivity contribution in [2.24, 2.45) is 0 Å². The second-order valence-corrected chi connectivity index (χ2v) is 6.58. The molecule has 1 aromatic rings. The molecule has 6 nitrogen and oxygen atoms in total. The minimum atomic E-state index is -3.06. The maximum atomic E-state index is 11.7. The van der Waals surface area contributed by atoms with Crippen LogP contribution >= 0.6 is 0 Å². The molecule has 0 unspecified atom stereocenters. The summed E-state index contributed by atoms with van der Waals surface area (Å²) in [4.78, 5) is 13.4. The van der Waals surface area contributed by atoms with Crippen molar-refractivity contribution in [3.05, 3.63) is 23.8 Å². The molecule has 0 aliphatic rings. The van der Waals surface area contributed by atoms with Crippen LogP contribution in [0.3, 0.4) is 0 Å². The van der Waals surface area contributed by atoms with Crippen molar-refractivity contribution in [2.75, 3.05) is 43.3 Å². The molecule has 0 aromatic heterocycles. The second kappa shape index (κ2) is 5.92. The highest BCUT2D eigenvalue weighted by Crippen LogP contribution is 2.23. The third-order valence-electron chi connectivity index (χ3n) is 2.63. The molecule has 0 saturated carbocycles. The van der Waals surface area contributed by atoms with E-state index in [2.05, 4.69) is 4.74 Å². The van der Waals surface area contributed by atoms with Gasteiger partial charge in [-0.15, -0.1) is 0 Å². The summed E-state index contributed by atoms with van der Waals surface area (Å²) in [6.07, 6.45) is 1.17. The normalized spacial score (nSPS) is 11.1. The van der Waals surface area contributed by atoms with E-state index < -0.39 is 15.8 Å². The number of esters is 1. The number of carbonyl (C=O) groups is 1. The lowest BCUT2D eigenvalue weighted by Gasteiger charge is -2.21. The number of hydrogen-bond acceptors (Lipinski definition) is 6. The number of rotatable bonds is 5. The van der Waals surface area contributed by atoms with Gasteiger partial charge >= 0.3 is 5.97 Å². The maximum Gasteiger partial charge on any atom is 0.340 e. The van der Waals surface area contributed by atoms with E-state index in [-0.39, 0.29) is 12.3 Å². The van der Waals surface area contributed by atoms with E-state index in [9.17, 15) is 13.2 Å². The predicted octanol–water partition coefficient (Wildman–Crippen LogP) is 0.536. The molecule has 0 spiro atoms. The zero-order valence-corrected chi connectivity index (χ0v) is 12.0. The van der Waals surface area contributed by atoms with Crippen LogP contribution < -0.4 is 10.6 Å². The van der Waals surface area contributed by atoms with Gasteiger partial charge < -0.3 is 15.4 Å². The van der Waals surface area contributed by atoms with Crippen LogP contribution in [0.4, 0.5) is 11.4 Å². The van der Waals surface area contributed by atoms with Crippen LogP contribution in [-0.4, -0.2) is 47.1 Å². The van der Waals surface area contributed by atoms with Crippen molar-refractivity contribution in [3.8, 4) is 0 Å². The number of nitrogen functional groups attached to an aromatic ring is 1. The van der Waals surface area contributed by atoms with Gasteiger partial charge in [0.15, 0.2) is 0 Å². The molecule has 0 heterocycles. The minimum Gasteiger partial charge on any atom is -0.465 e. The molecule has 0 amide bonds. The standard InChI is InChI=1S/C12H18N2O4S/c1-14(6-7-19(3,16)17)11-5-4-9(13)8-10(11)12(15)18-2/h4-5,8H,6-7,13H2,1-3H3. The topological polar surface area (TPSA) is 89.7 Å². The predicted molar refractivity (Wildman–Crippen MR) is 75.2 cm³/mol. The van der Waals surface area contributed by atoms with Gasteiger partial charge in [0.1, 0.15) is 9.84 Å². The summed E-state index contributed by atoms with van der Waals surface area (Å²) in [5.74, 6) is -0.498. The van der Waals surface area contributed by atoms with Gasteiger partial charge in [-0.25, -0.2) is 13.2 Å². The minimum absolute atomic E-state index is 0.00842. The molecule has 19 heavy (non-hydrogen) atoms. The van der Waals surface area contributed by atoms with Crippen molar-refractivity contribution in [1.29, 1.82) is 0 Å². The van der Waals surface area contributed by atoms with Gasteiger partial charge in [-0.05, 0) is 18.2 Å². The largest absolute Gasteiger partial charge is 0.465 e.